The summed E-state index contributed by atoms with van der Waals surface area (Å²) in [5.74, 6) is -0.203. The van der Waals surface area contributed by atoms with E-state index in [4.69, 9.17) is 39.5 Å². The van der Waals surface area contributed by atoms with E-state index in [0.29, 0.717) is 27.2 Å². The Bertz CT molecular complexity index is 1170. The highest BCUT2D eigenvalue weighted by molar-refractivity contribution is 6.42. The molecular formula is C28H29Cl3N2O3. The Kier molecular flexibility index (Phi) is 10.5. The highest BCUT2D eigenvalue weighted by atomic mass is 35.5. The number of nitrogens with one attached hydrogen (secondary N) is 1. The van der Waals surface area contributed by atoms with Crippen molar-refractivity contribution in [2.24, 2.45) is 0 Å². The summed E-state index contributed by atoms with van der Waals surface area (Å²) >= 11 is 18.5. The highest BCUT2D eigenvalue weighted by Crippen LogP contribution is 2.26. The summed E-state index contributed by atoms with van der Waals surface area (Å²) in [6, 6.07) is 20.9. The lowest BCUT2D eigenvalue weighted by Crippen LogP contribution is -2.53. The molecule has 0 heterocycles. The van der Waals surface area contributed by atoms with Crippen LogP contribution in [-0.2, 0) is 22.6 Å². The first-order valence-corrected chi connectivity index (χ1v) is 12.9. The zero-order valence-corrected chi connectivity index (χ0v) is 22.5. The lowest BCUT2D eigenvalue weighted by Gasteiger charge is -2.32. The summed E-state index contributed by atoms with van der Waals surface area (Å²) in [5, 5.41) is 4.22. The van der Waals surface area contributed by atoms with Crippen LogP contribution < -0.4 is 10.1 Å². The van der Waals surface area contributed by atoms with Crippen LogP contribution in [0, 0.1) is 0 Å². The van der Waals surface area contributed by atoms with Crippen LogP contribution >= 0.6 is 34.8 Å². The largest absolute Gasteiger partial charge is 0.482 e. The summed E-state index contributed by atoms with van der Waals surface area (Å²) in [5.41, 5.74) is 1.67. The van der Waals surface area contributed by atoms with E-state index in [1.54, 1.807) is 42.5 Å². The van der Waals surface area contributed by atoms with Gasteiger partial charge in [-0.3, -0.25) is 9.59 Å². The van der Waals surface area contributed by atoms with Gasteiger partial charge in [0, 0.05) is 19.0 Å². The van der Waals surface area contributed by atoms with Gasteiger partial charge in [-0.2, -0.15) is 0 Å². The fourth-order valence-electron chi connectivity index (χ4n) is 3.61. The number of amides is 2. The molecule has 0 aliphatic carbocycles. The summed E-state index contributed by atoms with van der Waals surface area (Å²) in [7, 11) is 0. The van der Waals surface area contributed by atoms with Crippen molar-refractivity contribution >= 4 is 46.6 Å². The van der Waals surface area contributed by atoms with Gasteiger partial charge in [-0.1, -0.05) is 90.3 Å². The number of ether oxygens (including phenoxy) is 1. The van der Waals surface area contributed by atoms with Crippen LogP contribution in [0.2, 0.25) is 15.1 Å². The molecule has 0 bridgehead atoms. The third-order valence-corrected chi connectivity index (χ3v) is 6.85. The molecule has 1 N–H and O–H groups in total. The maximum absolute atomic E-state index is 13.6. The zero-order chi connectivity index (χ0) is 26.1. The van der Waals surface area contributed by atoms with Gasteiger partial charge in [0.15, 0.2) is 6.61 Å². The first-order valence-electron chi connectivity index (χ1n) is 11.7. The van der Waals surface area contributed by atoms with E-state index in [1.807, 2.05) is 44.2 Å². The van der Waals surface area contributed by atoms with Crippen LogP contribution in [0.3, 0.4) is 0 Å². The lowest BCUT2D eigenvalue weighted by molar-refractivity contribution is -0.143. The molecule has 3 aromatic rings. The summed E-state index contributed by atoms with van der Waals surface area (Å²) in [6.45, 7) is 3.79. The van der Waals surface area contributed by atoms with Crippen molar-refractivity contribution in [3.63, 3.8) is 0 Å². The fourth-order valence-corrected chi connectivity index (χ4v) is 4.12. The Hall–Kier alpha value is -2.73. The van der Waals surface area contributed by atoms with E-state index in [0.717, 1.165) is 17.5 Å². The van der Waals surface area contributed by atoms with Gasteiger partial charge < -0.3 is 15.0 Å². The molecule has 0 spiro atoms. The van der Waals surface area contributed by atoms with Crippen molar-refractivity contribution in [3.05, 3.63) is 99.0 Å². The van der Waals surface area contributed by atoms with Gasteiger partial charge in [0.05, 0.1) is 15.1 Å². The Morgan fingerprint density at radius 2 is 1.58 bits per heavy atom. The molecular weight excluding hydrogens is 519 g/mol. The van der Waals surface area contributed by atoms with Crippen LogP contribution in [0.25, 0.3) is 0 Å². The van der Waals surface area contributed by atoms with Crippen molar-refractivity contribution in [1.29, 1.82) is 0 Å². The molecule has 0 saturated carbocycles. The summed E-state index contributed by atoms with van der Waals surface area (Å²) in [6.07, 6.45) is 1.10. The first kappa shape index (κ1) is 27.9. The maximum atomic E-state index is 13.6. The van der Waals surface area contributed by atoms with Crippen LogP contribution in [0.5, 0.6) is 5.75 Å². The summed E-state index contributed by atoms with van der Waals surface area (Å²) < 4.78 is 5.74. The first-order chi connectivity index (χ1) is 17.3. The van der Waals surface area contributed by atoms with Gasteiger partial charge in [0.1, 0.15) is 11.8 Å². The van der Waals surface area contributed by atoms with Crippen molar-refractivity contribution in [2.45, 2.75) is 45.3 Å². The molecule has 2 amide bonds. The van der Waals surface area contributed by atoms with E-state index in [1.165, 1.54) is 4.90 Å². The van der Waals surface area contributed by atoms with E-state index < -0.39 is 6.04 Å². The molecule has 2 atom stereocenters. The van der Waals surface area contributed by atoms with Crippen LogP contribution in [-0.4, -0.2) is 35.4 Å². The predicted molar refractivity (Wildman–Crippen MR) is 146 cm³/mol. The third kappa shape index (κ3) is 7.89. The molecule has 8 heteroatoms. The number of halogens is 3. The topological polar surface area (TPSA) is 58.6 Å². The minimum absolute atomic E-state index is 0.0444. The number of carbonyl (C=O) groups excluding carboxylic acids is 2. The number of nitrogens with zero attached hydrogens (tertiary/aromatic N) is 1. The Labute approximate surface area is 227 Å². The zero-order valence-electron chi connectivity index (χ0n) is 20.2. The van der Waals surface area contributed by atoms with Gasteiger partial charge >= 0.3 is 0 Å². The number of hydrogen-bond acceptors (Lipinski definition) is 3. The molecule has 0 aromatic heterocycles. The highest BCUT2D eigenvalue weighted by Gasteiger charge is 2.31. The molecule has 0 aliphatic rings. The second-order valence-electron chi connectivity index (χ2n) is 8.51. The quantitative estimate of drug-likeness (QED) is 0.295. The SMILES string of the molecule is CCC(C)NC(=O)C(Cc1ccccc1)N(Cc1ccc(Cl)c(Cl)c1)C(=O)COc1ccccc1Cl. The second-order valence-corrected chi connectivity index (χ2v) is 9.73. The molecule has 3 aromatic carbocycles. The Morgan fingerprint density at radius 3 is 2.25 bits per heavy atom. The number of hydrogen-bond donors (Lipinski definition) is 1. The van der Waals surface area contributed by atoms with Gasteiger partial charge in [0.2, 0.25) is 5.91 Å². The number of carbonyl (C=O) groups is 2. The summed E-state index contributed by atoms with van der Waals surface area (Å²) in [4.78, 5) is 28.6. The molecule has 0 fully saturated rings. The van der Waals surface area contributed by atoms with Gasteiger partial charge in [-0.15, -0.1) is 0 Å². The van der Waals surface area contributed by atoms with E-state index in [2.05, 4.69) is 5.32 Å². The van der Waals surface area contributed by atoms with Crippen LogP contribution in [0.1, 0.15) is 31.4 Å². The average molecular weight is 548 g/mol. The molecule has 0 radical (unpaired) electrons. The second kappa shape index (κ2) is 13.5. The minimum Gasteiger partial charge on any atom is -0.482 e. The van der Waals surface area contributed by atoms with E-state index in [9.17, 15) is 9.59 Å². The number of benzene rings is 3. The normalized spacial score (nSPS) is 12.5. The average Bonchev–Trinajstić information content (AvgIpc) is 2.88. The monoisotopic (exact) mass is 546 g/mol. The molecule has 0 aliphatic heterocycles. The smallest absolute Gasteiger partial charge is 0.261 e. The fraction of sp³-hybridized carbons (Fsp3) is 0.286. The van der Waals surface area contributed by atoms with Crippen molar-refractivity contribution < 1.29 is 14.3 Å². The molecule has 5 nitrogen and oxygen atoms in total. The van der Waals surface area contributed by atoms with Gasteiger partial charge in [0.25, 0.3) is 5.91 Å². The standard InChI is InChI=1S/C28H29Cl3N2O3/c1-3-19(2)32-28(35)25(16-20-9-5-4-6-10-20)33(17-21-13-14-22(29)24(31)15-21)27(34)18-36-26-12-8-7-11-23(26)30/h4-15,19,25H,3,16-18H2,1-2H3,(H,32,35). The van der Waals surface area contributed by atoms with Crippen LogP contribution in [0.4, 0.5) is 0 Å². The van der Waals surface area contributed by atoms with Crippen molar-refractivity contribution in [3.8, 4) is 5.75 Å². The van der Waals surface area contributed by atoms with Crippen LogP contribution in [0.15, 0.2) is 72.8 Å². The minimum atomic E-state index is -0.779. The Balaban J connectivity index is 1.94. The van der Waals surface area contributed by atoms with E-state index in [-0.39, 0.29) is 31.0 Å². The van der Waals surface area contributed by atoms with Crippen molar-refractivity contribution in [1.82, 2.24) is 10.2 Å². The van der Waals surface area contributed by atoms with Gasteiger partial charge in [-0.05, 0) is 48.7 Å². The molecule has 190 valence electrons. The predicted octanol–water partition coefficient (Wildman–Crippen LogP) is 6.58. The number of para-hydroxylation sites is 1. The lowest BCUT2D eigenvalue weighted by atomic mass is 10.0. The van der Waals surface area contributed by atoms with Gasteiger partial charge in [-0.25, -0.2) is 0 Å². The molecule has 36 heavy (non-hydrogen) atoms. The Morgan fingerprint density at radius 1 is 0.889 bits per heavy atom. The van der Waals surface area contributed by atoms with E-state index >= 15 is 0 Å². The molecule has 2 unspecified atom stereocenters. The molecule has 3 rings (SSSR count). The third-order valence-electron chi connectivity index (χ3n) is 5.80. The van der Waals surface area contributed by atoms with Crippen molar-refractivity contribution in [2.75, 3.05) is 6.61 Å². The number of rotatable bonds is 11. The maximum Gasteiger partial charge on any atom is 0.261 e. The molecule has 0 saturated heterocycles.